The standard InChI is InChI=1S/C19H29N3O3/c1-3-22(13-18(23)20-15-9-5-4-6-10-15)14-19(24)21-16-11-7-8-12-17(16)25-2/h7-8,11-12,15H,3-6,9-10,13-14H2,1-2H3,(H,20,23)(H,21,24). The Morgan fingerprint density at radius 1 is 1.12 bits per heavy atom. The summed E-state index contributed by atoms with van der Waals surface area (Å²) in [5.74, 6) is 0.463. The second-order valence-corrected chi connectivity index (χ2v) is 6.45. The van der Waals surface area contributed by atoms with Gasteiger partial charge in [-0.05, 0) is 31.5 Å². The number of anilines is 1. The summed E-state index contributed by atoms with van der Waals surface area (Å²) >= 11 is 0. The number of benzene rings is 1. The lowest BCUT2D eigenvalue weighted by molar-refractivity contribution is -0.124. The molecule has 1 aliphatic rings. The second kappa shape index (κ2) is 10.0. The van der Waals surface area contributed by atoms with Crippen LogP contribution in [0.1, 0.15) is 39.0 Å². The molecular formula is C19H29N3O3. The average molecular weight is 347 g/mol. The molecule has 138 valence electrons. The van der Waals surface area contributed by atoms with Crippen LogP contribution in [-0.4, -0.2) is 49.5 Å². The summed E-state index contributed by atoms with van der Waals surface area (Å²) < 4.78 is 5.23. The van der Waals surface area contributed by atoms with Crippen molar-refractivity contribution in [2.45, 2.75) is 45.1 Å². The molecule has 0 radical (unpaired) electrons. The van der Waals surface area contributed by atoms with Gasteiger partial charge in [-0.1, -0.05) is 38.3 Å². The molecule has 6 heteroatoms. The molecule has 0 aliphatic heterocycles. The number of likely N-dealkylation sites (N-methyl/N-ethyl adjacent to an activating group) is 1. The van der Waals surface area contributed by atoms with E-state index < -0.39 is 0 Å². The molecule has 2 N–H and O–H groups in total. The molecule has 0 heterocycles. The Hall–Kier alpha value is -2.08. The summed E-state index contributed by atoms with van der Waals surface area (Å²) in [6.07, 6.45) is 5.75. The Morgan fingerprint density at radius 2 is 1.80 bits per heavy atom. The number of nitrogens with zero attached hydrogens (tertiary/aromatic N) is 1. The zero-order chi connectivity index (χ0) is 18.1. The van der Waals surface area contributed by atoms with Gasteiger partial charge >= 0.3 is 0 Å². The number of methoxy groups -OCH3 is 1. The van der Waals surface area contributed by atoms with E-state index in [-0.39, 0.29) is 24.9 Å². The molecule has 1 aliphatic carbocycles. The molecule has 0 unspecified atom stereocenters. The minimum absolute atomic E-state index is 0.00107. The maximum absolute atomic E-state index is 12.3. The number of nitrogens with one attached hydrogen (secondary N) is 2. The Morgan fingerprint density at radius 3 is 2.48 bits per heavy atom. The maximum Gasteiger partial charge on any atom is 0.238 e. The normalized spacial score (nSPS) is 15.0. The van der Waals surface area contributed by atoms with Gasteiger partial charge in [-0.3, -0.25) is 14.5 Å². The van der Waals surface area contributed by atoms with E-state index in [9.17, 15) is 9.59 Å². The van der Waals surface area contributed by atoms with Gasteiger partial charge in [0.25, 0.3) is 0 Å². The van der Waals surface area contributed by atoms with Crippen molar-refractivity contribution in [3.05, 3.63) is 24.3 Å². The molecule has 0 bridgehead atoms. The fourth-order valence-corrected chi connectivity index (χ4v) is 3.14. The number of carbonyl (C=O) groups excluding carboxylic acids is 2. The third kappa shape index (κ3) is 6.38. The van der Waals surface area contributed by atoms with Crippen LogP contribution in [0.5, 0.6) is 5.75 Å². The van der Waals surface area contributed by atoms with Crippen LogP contribution in [0.2, 0.25) is 0 Å². The van der Waals surface area contributed by atoms with Crippen LogP contribution in [0.25, 0.3) is 0 Å². The summed E-state index contributed by atoms with van der Waals surface area (Å²) in [5.41, 5.74) is 0.637. The van der Waals surface area contributed by atoms with E-state index in [1.807, 2.05) is 24.0 Å². The smallest absolute Gasteiger partial charge is 0.238 e. The number of carbonyl (C=O) groups is 2. The first-order valence-electron chi connectivity index (χ1n) is 9.07. The molecule has 6 nitrogen and oxygen atoms in total. The minimum atomic E-state index is -0.156. The van der Waals surface area contributed by atoms with E-state index >= 15 is 0 Å². The van der Waals surface area contributed by atoms with Gasteiger partial charge in [0.2, 0.25) is 11.8 Å². The fraction of sp³-hybridized carbons (Fsp3) is 0.579. The SMILES string of the molecule is CCN(CC(=O)Nc1ccccc1OC)CC(=O)NC1CCCCC1. The van der Waals surface area contributed by atoms with Gasteiger partial charge in [0, 0.05) is 6.04 Å². The fourth-order valence-electron chi connectivity index (χ4n) is 3.14. The van der Waals surface area contributed by atoms with Crippen LogP contribution < -0.4 is 15.4 Å². The van der Waals surface area contributed by atoms with Crippen LogP contribution in [0.4, 0.5) is 5.69 Å². The summed E-state index contributed by atoms with van der Waals surface area (Å²) in [7, 11) is 1.57. The average Bonchev–Trinajstić information content (AvgIpc) is 2.62. The predicted octanol–water partition coefficient (Wildman–Crippen LogP) is 2.40. The molecular weight excluding hydrogens is 318 g/mol. The molecule has 0 aromatic heterocycles. The van der Waals surface area contributed by atoms with Crippen molar-refractivity contribution in [1.29, 1.82) is 0 Å². The van der Waals surface area contributed by atoms with Gasteiger partial charge in [0.1, 0.15) is 5.75 Å². The quantitative estimate of drug-likeness (QED) is 0.758. The number of amides is 2. The molecule has 1 aromatic rings. The van der Waals surface area contributed by atoms with Crippen LogP contribution >= 0.6 is 0 Å². The highest BCUT2D eigenvalue weighted by molar-refractivity contribution is 5.94. The zero-order valence-electron chi connectivity index (χ0n) is 15.2. The summed E-state index contributed by atoms with van der Waals surface area (Å²) in [5, 5.41) is 5.94. The molecule has 25 heavy (non-hydrogen) atoms. The van der Waals surface area contributed by atoms with Gasteiger partial charge in [0.15, 0.2) is 0 Å². The summed E-state index contributed by atoms with van der Waals surface area (Å²) in [4.78, 5) is 26.3. The van der Waals surface area contributed by atoms with Crippen molar-refractivity contribution in [2.75, 3.05) is 32.1 Å². The van der Waals surface area contributed by atoms with Crippen molar-refractivity contribution in [3.8, 4) is 5.75 Å². The number of ether oxygens (including phenoxy) is 1. The Kier molecular flexibility index (Phi) is 7.73. The lowest BCUT2D eigenvalue weighted by Crippen LogP contribution is -2.44. The monoisotopic (exact) mass is 347 g/mol. The van der Waals surface area contributed by atoms with Crippen molar-refractivity contribution in [2.24, 2.45) is 0 Å². The molecule has 2 amide bonds. The van der Waals surface area contributed by atoms with Crippen LogP contribution in [0, 0.1) is 0 Å². The lowest BCUT2D eigenvalue weighted by Gasteiger charge is -2.25. The van der Waals surface area contributed by atoms with Crippen LogP contribution in [0.3, 0.4) is 0 Å². The molecule has 0 spiro atoms. The zero-order valence-corrected chi connectivity index (χ0v) is 15.2. The van der Waals surface area contributed by atoms with Crippen LogP contribution in [0.15, 0.2) is 24.3 Å². The Labute approximate surface area is 149 Å². The van der Waals surface area contributed by atoms with Gasteiger partial charge in [-0.15, -0.1) is 0 Å². The van der Waals surface area contributed by atoms with Gasteiger partial charge < -0.3 is 15.4 Å². The first-order valence-corrected chi connectivity index (χ1v) is 9.07. The van der Waals surface area contributed by atoms with Gasteiger partial charge in [-0.25, -0.2) is 0 Å². The largest absolute Gasteiger partial charge is 0.495 e. The highest BCUT2D eigenvalue weighted by atomic mass is 16.5. The van der Waals surface area contributed by atoms with E-state index in [1.54, 1.807) is 19.2 Å². The third-order valence-corrected chi connectivity index (χ3v) is 4.53. The van der Waals surface area contributed by atoms with Crippen molar-refractivity contribution >= 4 is 17.5 Å². The van der Waals surface area contributed by atoms with E-state index in [4.69, 9.17) is 4.74 Å². The Bertz CT molecular complexity index is 571. The highest BCUT2D eigenvalue weighted by Gasteiger charge is 2.18. The molecule has 1 fully saturated rings. The number of rotatable bonds is 8. The first-order chi connectivity index (χ1) is 12.1. The molecule has 1 aromatic carbocycles. The van der Waals surface area contributed by atoms with Gasteiger partial charge in [0.05, 0.1) is 25.9 Å². The molecule has 1 saturated carbocycles. The van der Waals surface area contributed by atoms with Crippen molar-refractivity contribution in [3.63, 3.8) is 0 Å². The lowest BCUT2D eigenvalue weighted by atomic mass is 9.95. The highest BCUT2D eigenvalue weighted by Crippen LogP contribution is 2.22. The van der Waals surface area contributed by atoms with Crippen LogP contribution in [-0.2, 0) is 9.59 Å². The Balaban J connectivity index is 1.81. The summed E-state index contributed by atoms with van der Waals surface area (Å²) in [6, 6.07) is 7.58. The number of hydrogen-bond acceptors (Lipinski definition) is 4. The molecule has 0 saturated heterocycles. The molecule has 0 atom stereocenters. The third-order valence-electron chi connectivity index (χ3n) is 4.53. The second-order valence-electron chi connectivity index (χ2n) is 6.45. The van der Waals surface area contributed by atoms with E-state index in [0.29, 0.717) is 24.0 Å². The topological polar surface area (TPSA) is 70.7 Å². The minimum Gasteiger partial charge on any atom is -0.495 e. The van der Waals surface area contributed by atoms with E-state index in [2.05, 4.69) is 10.6 Å². The van der Waals surface area contributed by atoms with E-state index in [1.165, 1.54) is 19.3 Å². The molecule has 2 rings (SSSR count). The van der Waals surface area contributed by atoms with Gasteiger partial charge in [-0.2, -0.15) is 0 Å². The van der Waals surface area contributed by atoms with E-state index in [0.717, 1.165) is 12.8 Å². The number of hydrogen-bond donors (Lipinski definition) is 2. The first kappa shape index (κ1) is 19.2. The number of para-hydroxylation sites is 2. The van der Waals surface area contributed by atoms with Crippen molar-refractivity contribution in [1.82, 2.24) is 10.2 Å². The predicted molar refractivity (Wildman–Crippen MR) is 98.8 cm³/mol. The maximum atomic E-state index is 12.3. The van der Waals surface area contributed by atoms with Crippen molar-refractivity contribution < 1.29 is 14.3 Å². The summed E-state index contributed by atoms with van der Waals surface area (Å²) in [6.45, 7) is 3.00.